The maximum Gasteiger partial charge on any atom is 0.405 e. The first kappa shape index (κ1) is 20.0. The Balaban J connectivity index is 1.56. The molecule has 0 spiro atoms. The topological polar surface area (TPSA) is 67.0 Å². The zero-order valence-corrected chi connectivity index (χ0v) is 16.5. The summed E-state index contributed by atoms with van der Waals surface area (Å²) in [6.45, 7) is -1.36. The van der Waals surface area contributed by atoms with Crippen LogP contribution in [-0.4, -0.2) is 35.7 Å². The van der Waals surface area contributed by atoms with Crippen LogP contribution in [-0.2, 0) is 0 Å². The first-order valence-electron chi connectivity index (χ1n) is 8.89. The number of carbonyl (C=O) groups is 1. The lowest BCUT2D eigenvalue weighted by Gasteiger charge is -2.06. The van der Waals surface area contributed by atoms with E-state index < -0.39 is 18.6 Å². The fourth-order valence-corrected chi connectivity index (χ4v) is 3.81. The number of aromatic nitrogens is 2. The molecule has 0 aliphatic rings. The number of pyridine rings is 1. The predicted octanol–water partition coefficient (Wildman–Crippen LogP) is 5.26. The third-order valence-electron chi connectivity index (χ3n) is 4.48. The molecule has 30 heavy (non-hydrogen) atoms. The number of alkyl halides is 3. The molecule has 0 bridgehead atoms. The lowest BCUT2D eigenvalue weighted by Crippen LogP contribution is -2.33. The number of hydrogen-bond donors (Lipinski definition) is 2. The number of fused-ring (bicyclic) bond motifs is 1. The molecular formula is C21H16F3N3O2S. The fraction of sp³-hybridized carbons (Fsp3) is 0.143. The third kappa shape index (κ3) is 4.30. The molecule has 0 atom stereocenters. The second kappa shape index (κ2) is 7.83. The van der Waals surface area contributed by atoms with Crippen LogP contribution in [0.15, 0.2) is 54.0 Å². The van der Waals surface area contributed by atoms with Crippen LogP contribution in [0.25, 0.3) is 33.4 Å². The van der Waals surface area contributed by atoms with Gasteiger partial charge < -0.3 is 15.0 Å². The summed E-state index contributed by atoms with van der Waals surface area (Å²) < 4.78 is 42.0. The summed E-state index contributed by atoms with van der Waals surface area (Å²) in [7, 11) is 1.61. The zero-order chi connectivity index (χ0) is 21.3. The average molecular weight is 431 g/mol. The molecule has 5 nitrogen and oxygen atoms in total. The minimum Gasteiger partial charge on any atom is -0.497 e. The largest absolute Gasteiger partial charge is 0.497 e. The van der Waals surface area contributed by atoms with E-state index in [0.717, 1.165) is 44.9 Å². The van der Waals surface area contributed by atoms with Crippen molar-refractivity contribution in [3.63, 3.8) is 0 Å². The lowest BCUT2D eigenvalue weighted by atomic mass is 10.1. The highest BCUT2D eigenvalue weighted by atomic mass is 32.1. The van der Waals surface area contributed by atoms with Crippen LogP contribution in [0.5, 0.6) is 5.75 Å². The summed E-state index contributed by atoms with van der Waals surface area (Å²) in [5.41, 5.74) is 4.08. The second-order valence-electron chi connectivity index (χ2n) is 6.57. The molecule has 0 aliphatic heterocycles. The molecule has 0 fully saturated rings. The van der Waals surface area contributed by atoms with E-state index >= 15 is 0 Å². The maximum atomic E-state index is 12.3. The number of halogens is 3. The zero-order valence-electron chi connectivity index (χ0n) is 15.7. The van der Waals surface area contributed by atoms with Crippen molar-refractivity contribution in [3.05, 3.63) is 58.9 Å². The Bertz CT molecular complexity index is 1200. The van der Waals surface area contributed by atoms with Crippen molar-refractivity contribution in [3.8, 4) is 28.1 Å². The highest BCUT2D eigenvalue weighted by Crippen LogP contribution is 2.30. The summed E-state index contributed by atoms with van der Waals surface area (Å²) in [6, 6.07) is 13.1. The Hall–Kier alpha value is -3.33. The van der Waals surface area contributed by atoms with Gasteiger partial charge in [0.25, 0.3) is 5.91 Å². The predicted molar refractivity (Wildman–Crippen MR) is 110 cm³/mol. The van der Waals surface area contributed by atoms with Crippen LogP contribution in [0.3, 0.4) is 0 Å². The van der Waals surface area contributed by atoms with Crippen molar-refractivity contribution in [1.29, 1.82) is 0 Å². The van der Waals surface area contributed by atoms with Gasteiger partial charge in [-0.05, 0) is 59.0 Å². The second-order valence-corrected chi connectivity index (χ2v) is 7.48. The van der Waals surface area contributed by atoms with E-state index in [4.69, 9.17) is 4.74 Å². The Kier molecular flexibility index (Phi) is 5.21. The van der Waals surface area contributed by atoms with E-state index in [1.165, 1.54) is 0 Å². The summed E-state index contributed by atoms with van der Waals surface area (Å²) in [5, 5.41) is 4.49. The Morgan fingerprint density at radius 1 is 1.13 bits per heavy atom. The van der Waals surface area contributed by atoms with Crippen LogP contribution in [0.1, 0.15) is 9.67 Å². The molecule has 154 valence electrons. The van der Waals surface area contributed by atoms with Gasteiger partial charge in [0.1, 0.15) is 17.9 Å². The van der Waals surface area contributed by atoms with E-state index in [1.807, 2.05) is 41.7 Å². The van der Waals surface area contributed by atoms with E-state index in [-0.39, 0.29) is 4.88 Å². The van der Waals surface area contributed by atoms with Crippen molar-refractivity contribution in [1.82, 2.24) is 15.3 Å². The quantitative estimate of drug-likeness (QED) is 0.453. The molecule has 0 aliphatic carbocycles. The molecule has 3 heterocycles. The normalized spacial score (nSPS) is 11.6. The number of methoxy groups -OCH3 is 1. The number of hydrogen-bond acceptors (Lipinski definition) is 4. The van der Waals surface area contributed by atoms with Gasteiger partial charge in [0.15, 0.2) is 0 Å². The van der Waals surface area contributed by atoms with Crippen molar-refractivity contribution in [2.45, 2.75) is 6.18 Å². The van der Waals surface area contributed by atoms with Gasteiger partial charge in [-0.3, -0.25) is 4.79 Å². The third-order valence-corrected chi connectivity index (χ3v) is 5.41. The number of nitrogens with zero attached hydrogens (tertiary/aromatic N) is 1. The van der Waals surface area contributed by atoms with Crippen LogP contribution < -0.4 is 10.1 Å². The molecule has 0 unspecified atom stereocenters. The number of ether oxygens (including phenoxy) is 1. The van der Waals surface area contributed by atoms with Crippen LogP contribution in [0, 0.1) is 0 Å². The molecule has 9 heteroatoms. The molecule has 4 rings (SSSR count). The molecule has 2 N–H and O–H groups in total. The van der Waals surface area contributed by atoms with Gasteiger partial charge in [-0.2, -0.15) is 13.2 Å². The Morgan fingerprint density at radius 2 is 1.90 bits per heavy atom. The molecule has 0 saturated heterocycles. The summed E-state index contributed by atoms with van der Waals surface area (Å²) in [4.78, 5) is 19.8. The first-order valence-corrected chi connectivity index (χ1v) is 9.77. The summed E-state index contributed by atoms with van der Waals surface area (Å²) in [5.74, 6) is 0.0175. The van der Waals surface area contributed by atoms with Gasteiger partial charge in [0, 0.05) is 22.8 Å². The monoisotopic (exact) mass is 431 g/mol. The summed E-state index contributed by atoms with van der Waals surface area (Å²) in [6.07, 6.45) is -2.78. The van der Waals surface area contributed by atoms with E-state index in [9.17, 15) is 18.0 Å². The fourth-order valence-electron chi connectivity index (χ4n) is 2.97. The van der Waals surface area contributed by atoms with Crippen LogP contribution in [0.4, 0.5) is 13.2 Å². The van der Waals surface area contributed by atoms with Crippen molar-refractivity contribution >= 4 is 28.3 Å². The smallest absolute Gasteiger partial charge is 0.405 e. The highest BCUT2D eigenvalue weighted by Gasteiger charge is 2.28. The lowest BCUT2D eigenvalue weighted by molar-refractivity contribution is -0.123. The van der Waals surface area contributed by atoms with E-state index in [1.54, 1.807) is 24.8 Å². The van der Waals surface area contributed by atoms with Crippen molar-refractivity contribution < 1.29 is 22.7 Å². The number of carbonyl (C=O) groups excluding carboxylic acids is 1. The van der Waals surface area contributed by atoms with Gasteiger partial charge >= 0.3 is 6.18 Å². The Labute approximate surface area is 173 Å². The van der Waals surface area contributed by atoms with E-state index in [2.05, 4.69) is 9.97 Å². The van der Waals surface area contributed by atoms with Gasteiger partial charge in [0.2, 0.25) is 0 Å². The molecule has 0 saturated carbocycles. The van der Waals surface area contributed by atoms with Gasteiger partial charge in [-0.1, -0.05) is 0 Å². The SMILES string of the molecule is COc1ccc(-c2cc3cc(-c4csc(C(=O)NCC(F)(F)F)c4)cnc3[nH]2)cc1. The molecular weight excluding hydrogens is 415 g/mol. The number of rotatable bonds is 5. The van der Waals surface area contributed by atoms with Crippen LogP contribution >= 0.6 is 11.3 Å². The number of benzene rings is 1. The maximum absolute atomic E-state index is 12.3. The minimum absolute atomic E-state index is 0.210. The summed E-state index contributed by atoms with van der Waals surface area (Å²) >= 11 is 1.09. The van der Waals surface area contributed by atoms with E-state index in [0.29, 0.717) is 5.65 Å². The standard InChI is InChI=1S/C21H16F3N3O2S/c1-29-16-4-2-12(3-5-16)17-7-13-6-14(9-25-19(13)27-17)15-8-18(30-10-15)20(28)26-11-21(22,23)24/h2-10H,11H2,1H3,(H,25,27)(H,26,28). The number of aromatic amines is 1. The number of H-pyrrole nitrogens is 1. The van der Waals surface area contributed by atoms with Gasteiger partial charge in [-0.25, -0.2) is 4.98 Å². The molecule has 1 aromatic carbocycles. The number of amides is 1. The molecule has 0 radical (unpaired) electrons. The van der Waals surface area contributed by atoms with Gasteiger partial charge in [-0.15, -0.1) is 11.3 Å². The van der Waals surface area contributed by atoms with Crippen molar-refractivity contribution in [2.75, 3.05) is 13.7 Å². The van der Waals surface area contributed by atoms with Gasteiger partial charge in [0.05, 0.1) is 12.0 Å². The number of thiophene rings is 1. The minimum atomic E-state index is -4.44. The first-order chi connectivity index (χ1) is 14.3. The molecule has 4 aromatic rings. The van der Waals surface area contributed by atoms with Crippen LogP contribution in [0.2, 0.25) is 0 Å². The number of nitrogens with one attached hydrogen (secondary N) is 2. The highest BCUT2D eigenvalue weighted by molar-refractivity contribution is 7.12. The van der Waals surface area contributed by atoms with Crippen molar-refractivity contribution in [2.24, 2.45) is 0 Å². The Morgan fingerprint density at radius 3 is 2.60 bits per heavy atom. The molecule has 3 aromatic heterocycles. The molecule has 1 amide bonds. The average Bonchev–Trinajstić information content (AvgIpc) is 3.38.